The Bertz CT molecular complexity index is 664. The first kappa shape index (κ1) is 16.7. The van der Waals surface area contributed by atoms with Gasteiger partial charge in [0.25, 0.3) is 0 Å². The lowest BCUT2D eigenvalue weighted by Crippen LogP contribution is -2.15. The molecule has 0 radical (unpaired) electrons. The molecule has 2 aromatic rings. The number of benzene rings is 2. The number of hydrogen-bond donors (Lipinski definition) is 1. The zero-order valence-corrected chi connectivity index (χ0v) is 13.1. The smallest absolute Gasteiger partial charge is 0.338 e. The zero-order chi connectivity index (χ0) is 16.7. The summed E-state index contributed by atoms with van der Waals surface area (Å²) >= 11 is 0. The van der Waals surface area contributed by atoms with Crippen molar-refractivity contribution in [2.45, 2.75) is 32.3 Å². The van der Waals surface area contributed by atoms with Gasteiger partial charge in [-0.3, -0.25) is 0 Å². The molecule has 0 aliphatic carbocycles. The normalized spacial score (nSPS) is 11.7. The van der Waals surface area contributed by atoms with E-state index in [1.54, 1.807) is 42.5 Å². The molecular formula is C19H20O4. The van der Waals surface area contributed by atoms with Gasteiger partial charge in [-0.05, 0) is 31.0 Å². The Morgan fingerprint density at radius 1 is 1.04 bits per heavy atom. The molecule has 4 heteroatoms. The lowest BCUT2D eigenvalue weighted by Gasteiger charge is -2.20. The summed E-state index contributed by atoms with van der Waals surface area (Å²) < 4.78 is 5.61. The Balaban J connectivity index is 2.27. The first-order valence-electron chi connectivity index (χ1n) is 7.71. The molecule has 120 valence electrons. The van der Waals surface area contributed by atoms with Crippen molar-refractivity contribution in [2.75, 3.05) is 0 Å². The van der Waals surface area contributed by atoms with E-state index in [4.69, 9.17) is 4.74 Å². The molecule has 0 spiro atoms. The molecule has 2 rings (SSSR count). The Hall–Kier alpha value is -2.62. The number of aromatic carboxylic acids is 1. The van der Waals surface area contributed by atoms with Crippen LogP contribution >= 0.6 is 0 Å². The zero-order valence-electron chi connectivity index (χ0n) is 13.1. The fraction of sp³-hybridized carbons (Fsp3) is 0.263. The van der Waals surface area contributed by atoms with E-state index in [9.17, 15) is 14.7 Å². The minimum absolute atomic E-state index is 0.175. The lowest BCUT2D eigenvalue weighted by atomic mass is 9.98. The number of carboxylic acid groups (broad SMARTS) is 1. The summed E-state index contributed by atoms with van der Waals surface area (Å²) in [5.41, 5.74) is 1.18. The van der Waals surface area contributed by atoms with E-state index >= 15 is 0 Å². The van der Waals surface area contributed by atoms with Gasteiger partial charge >= 0.3 is 11.9 Å². The molecule has 23 heavy (non-hydrogen) atoms. The maximum atomic E-state index is 12.3. The number of ether oxygens (including phenoxy) is 1. The monoisotopic (exact) mass is 312 g/mol. The molecule has 0 bridgehead atoms. The van der Waals surface area contributed by atoms with Crippen molar-refractivity contribution in [1.82, 2.24) is 0 Å². The van der Waals surface area contributed by atoms with Crippen molar-refractivity contribution in [3.63, 3.8) is 0 Å². The van der Waals surface area contributed by atoms with E-state index in [0.29, 0.717) is 17.5 Å². The third-order valence-corrected chi connectivity index (χ3v) is 3.62. The van der Waals surface area contributed by atoms with Crippen LogP contribution in [0, 0.1) is 0 Å². The standard InChI is InChI=1S/C19H20O4/c1-2-3-13-17(15-11-7-8-12-16(15)18(20)21)23-19(22)14-9-5-4-6-10-14/h4-12,17H,2-3,13H2,1H3,(H,20,21)/t17-/m1/s1. The maximum absolute atomic E-state index is 12.3. The van der Waals surface area contributed by atoms with Crippen LogP contribution in [-0.2, 0) is 4.74 Å². The van der Waals surface area contributed by atoms with Crippen LogP contribution in [0.25, 0.3) is 0 Å². The summed E-state index contributed by atoms with van der Waals surface area (Å²) in [4.78, 5) is 23.7. The highest BCUT2D eigenvalue weighted by molar-refractivity contribution is 5.91. The van der Waals surface area contributed by atoms with E-state index in [0.717, 1.165) is 12.8 Å². The Labute approximate surface area is 135 Å². The molecule has 0 saturated carbocycles. The van der Waals surface area contributed by atoms with Gasteiger partial charge in [-0.1, -0.05) is 49.7 Å². The van der Waals surface area contributed by atoms with Crippen molar-refractivity contribution < 1.29 is 19.4 Å². The fourth-order valence-electron chi connectivity index (χ4n) is 2.41. The second-order valence-electron chi connectivity index (χ2n) is 5.29. The van der Waals surface area contributed by atoms with Gasteiger partial charge in [0.2, 0.25) is 0 Å². The van der Waals surface area contributed by atoms with Gasteiger partial charge < -0.3 is 9.84 Å². The van der Waals surface area contributed by atoms with Gasteiger partial charge in [-0.25, -0.2) is 9.59 Å². The van der Waals surface area contributed by atoms with Crippen molar-refractivity contribution in [3.05, 3.63) is 71.3 Å². The Morgan fingerprint density at radius 3 is 2.35 bits per heavy atom. The van der Waals surface area contributed by atoms with Crippen LogP contribution in [-0.4, -0.2) is 17.0 Å². The topological polar surface area (TPSA) is 63.6 Å². The molecule has 0 aliphatic rings. The van der Waals surface area contributed by atoms with Crippen LogP contribution in [0.4, 0.5) is 0 Å². The van der Waals surface area contributed by atoms with E-state index in [1.807, 2.05) is 13.0 Å². The van der Waals surface area contributed by atoms with E-state index in [2.05, 4.69) is 0 Å². The van der Waals surface area contributed by atoms with Gasteiger partial charge in [-0.2, -0.15) is 0 Å². The average molecular weight is 312 g/mol. The van der Waals surface area contributed by atoms with Crippen LogP contribution in [0.1, 0.15) is 58.6 Å². The van der Waals surface area contributed by atoms with Gasteiger partial charge in [0.15, 0.2) is 0 Å². The largest absolute Gasteiger partial charge is 0.478 e. The predicted octanol–water partition coefficient (Wildman–Crippen LogP) is 4.47. The van der Waals surface area contributed by atoms with Crippen molar-refractivity contribution >= 4 is 11.9 Å². The highest BCUT2D eigenvalue weighted by Gasteiger charge is 2.22. The number of rotatable bonds is 7. The number of carbonyl (C=O) groups excluding carboxylic acids is 1. The number of esters is 1. The molecule has 4 nitrogen and oxygen atoms in total. The van der Waals surface area contributed by atoms with Gasteiger partial charge in [0, 0.05) is 5.56 Å². The molecule has 0 aliphatic heterocycles. The molecule has 1 N–H and O–H groups in total. The summed E-state index contributed by atoms with van der Waals surface area (Å²) in [6.07, 6.45) is 1.82. The van der Waals surface area contributed by atoms with Crippen LogP contribution in [0.5, 0.6) is 0 Å². The van der Waals surface area contributed by atoms with Crippen molar-refractivity contribution in [2.24, 2.45) is 0 Å². The molecule has 0 unspecified atom stereocenters. The minimum atomic E-state index is -1.02. The highest BCUT2D eigenvalue weighted by atomic mass is 16.5. The molecule has 0 saturated heterocycles. The number of carbonyl (C=O) groups is 2. The average Bonchev–Trinajstić information content (AvgIpc) is 2.59. The van der Waals surface area contributed by atoms with Gasteiger partial charge in [0.1, 0.15) is 6.10 Å². The summed E-state index contributed by atoms with van der Waals surface area (Å²) in [5, 5.41) is 9.35. The molecule has 2 aromatic carbocycles. The van der Waals surface area contributed by atoms with Crippen LogP contribution in [0.15, 0.2) is 54.6 Å². The molecule has 0 fully saturated rings. The Kier molecular flexibility index (Phi) is 5.92. The predicted molar refractivity (Wildman–Crippen MR) is 87.5 cm³/mol. The number of carboxylic acids is 1. The third kappa shape index (κ3) is 4.42. The molecule has 0 amide bonds. The summed E-state index contributed by atoms with van der Waals surface area (Å²) in [7, 11) is 0. The van der Waals surface area contributed by atoms with Crippen molar-refractivity contribution in [3.8, 4) is 0 Å². The number of hydrogen-bond acceptors (Lipinski definition) is 3. The SMILES string of the molecule is CCCC[C@@H](OC(=O)c1ccccc1)c1ccccc1C(=O)O. The van der Waals surface area contributed by atoms with E-state index in [-0.39, 0.29) is 5.56 Å². The maximum Gasteiger partial charge on any atom is 0.338 e. The van der Waals surface area contributed by atoms with Crippen LogP contribution in [0.2, 0.25) is 0 Å². The summed E-state index contributed by atoms with van der Waals surface area (Å²) in [6, 6.07) is 15.4. The lowest BCUT2D eigenvalue weighted by molar-refractivity contribution is 0.0264. The highest BCUT2D eigenvalue weighted by Crippen LogP contribution is 2.28. The van der Waals surface area contributed by atoms with E-state index in [1.165, 1.54) is 6.07 Å². The van der Waals surface area contributed by atoms with Crippen molar-refractivity contribution in [1.29, 1.82) is 0 Å². The van der Waals surface area contributed by atoms with Gasteiger partial charge in [-0.15, -0.1) is 0 Å². The van der Waals surface area contributed by atoms with Gasteiger partial charge in [0.05, 0.1) is 11.1 Å². The molecule has 1 atom stereocenters. The molecule has 0 heterocycles. The quantitative estimate of drug-likeness (QED) is 0.766. The summed E-state index contributed by atoms with van der Waals surface area (Å²) in [6.45, 7) is 2.04. The van der Waals surface area contributed by atoms with Crippen LogP contribution in [0.3, 0.4) is 0 Å². The van der Waals surface area contributed by atoms with E-state index < -0.39 is 18.0 Å². The summed E-state index contributed by atoms with van der Waals surface area (Å²) in [5.74, 6) is -1.45. The number of unbranched alkanes of at least 4 members (excludes halogenated alkanes) is 1. The minimum Gasteiger partial charge on any atom is -0.478 e. The third-order valence-electron chi connectivity index (χ3n) is 3.62. The molecular weight excluding hydrogens is 292 g/mol. The Morgan fingerprint density at radius 2 is 1.70 bits per heavy atom. The fourth-order valence-corrected chi connectivity index (χ4v) is 2.41. The second-order valence-corrected chi connectivity index (χ2v) is 5.29. The first-order chi connectivity index (χ1) is 11.1. The van der Waals surface area contributed by atoms with Crippen LogP contribution < -0.4 is 0 Å². The molecule has 0 aromatic heterocycles. The first-order valence-corrected chi connectivity index (χ1v) is 7.71. The second kappa shape index (κ2) is 8.13.